The second-order valence-electron chi connectivity index (χ2n) is 5.96. The molecule has 1 unspecified atom stereocenters. The van der Waals surface area contributed by atoms with Crippen LogP contribution in [0.3, 0.4) is 0 Å². The number of aromatic nitrogens is 1. The predicted molar refractivity (Wildman–Crippen MR) is 84.8 cm³/mol. The molecule has 0 spiro atoms. The predicted octanol–water partition coefficient (Wildman–Crippen LogP) is 3.65. The Bertz CT molecular complexity index is 722. The highest BCUT2D eigenvalue weighted by atomic mass is 16.2. The van der Waals surface area contributed by atoms with E-state index in [1.807, 2.05) is 47.6 Å². The van der Waals surface area contributed by atoms with Gasteiger partial charge in [0.05, 0.1) is 6.04 Å². The van der Waals surface area contributed by atoms with Crippen molar-refractivity contribution < 1.29 is 4.79 Å². The summed E-state index contributed by atoms with van der Waals surface area (Å²) in [6.45, 7) is 0.666. The molecule has 1 aromatic heterocycles. The SMILES string of the molecule is O=C1C2=C(CCC2)C(c2ccncc2)N1Cc1ccccc1. The van der Waals surface area contributed by atoms with Gasteiger partial charge >= 0.3 is 0 Å². The number of rotatable bonds is 3. The molecule has 0 saturated heterocycles. The molecule has 0 saturated carbocycles. The van der Waals surface area contributed by atoms with E-state index >= 15 is 0 Å². The maximum Gasteiger partial charge on any atom is 0.250 e. The number of likely N-dealkylation sites (tertiary alicyclic amines) is 1. The second kappa shape index (κ2) is 5.41. The van der Waals surface area contributed by atoms with Gasteiger partial charge in [-0.3, -0.25) is 9.78 Å². The molecule has 1 atom stereocenters. The molecule has 1 aliphatic carbocycles. The standard InChI is InChI=1S/C19H18N2O/c22-19-17-8-4-7-16(17)18(15-9-11-20-12-10-15)21(19)13-14-5-2-1-3-6-14/h1-3,5-6,9-12,18H,4,7-8,13H2. The number of hydrogen-bond donors (Lipinski definition) is 0. The summed E-state index contributed by atoms with van der Waals surface area (Å²) in [6, 6.07) is 14.4. The lowest BCUT2D eigenvalue weighted by atomic mass is 9.98. The molecule has 1 aromatic carbocycles. The van der Waals surface area contributed by atoms with E-state index in [1.165, 1.54) is 16.7 Å². The Balaban J connectivity index is 1.72. The van der Waals surface area contributed by atoms with Crippen molar-refractivity contribution in [3.8, 4) is 0 Å². The molecule has 0 radical (unpaired) electrons. The van der Waals surface area contributed by atoms with E-state index in [-0.39, 0.29) is 11.9 Å². The normalized spacial score (nSPS) is 20.6. The Morgan fingerprint density at radius 1 is 1.05 bits per heavy atom. The van der Waals surface area contributed by atoms with Gasteiger partial charge in [-0.1, -0.05) is 30.3 Å². The van der Waals surface area contributed by atoms with Crippen LogP contribution in [0.15, 0.2) is 66.0 Å². The molecule has 2 heterocycles. The zero-order valence-corrected chi connectivity index (χ0v) is 12.4. The van der Waals surface area contributed by atoms with E-state index in [4.69, 9.17) is 0 Å². The molecule has 110 valence electrons. The summed E-state index contributed by atoms with van der Waals surface area (Å²) in [5.74, 6) is 0.221. The van der Waals surface area contributed by atoms with Crippen LogP contribution in [-0.2, 0) is 11.3 Å². The van der Waals surface area contributed by atoms with Gasteiger partial charge in [-0.05, 0) is 48.1 Å². The van der Waals surface area contributed by atoms with E-state index in [9.17, 15) is 4.79 Å². The van der Waals surface area contributed by atoms with Crippen molar-refractivity contribution in [1.82, 2.24) is 9.88 Å². The molecular formula is C19H18N2O. The molecule has 3 heteroatoms. The van der Waals surface area contributed by atoms with Gasteiger partial charge in [0.2, 0.25) is 0 Å². The van der Waals surface area contributed by atoms with Crippen LogP contribution in [0.25, 0.3) is 0 Å². The lowest BCUT2D eigenvalue weighted by Gasteiger charge is -2.28. The van der Waals surface area contributed by atoms with Crippen LogP contribution >= 0.6 is 0 Å². The van der Waals surface area contributed by atoms with E-state index in [0.717, 1.165) is 24.8 Å². The van der Waals surface area contributed by atoms with E-state index < -0.39 is 0 Å². The monoisotopic (exact) mass is 290 g/mol. The van der Waals surface area contributed by atoms with Gasteiger partial charge in [0.25, 0.3) is 5.91 Å². The zero-order valence-electron chi connectivity index (χ0n) is 12.4. The minimum atomic E-state index is 0.0909. The first-order valence-electron chi connectivity index (χ1n) is 7.81. The van der Waals surface area contributed by atoms with Crippen molar-refractivity contribution in [1.29, 1.82) is 0 Å². The van der Waals surface area contributed by atoms with Crippen molar-refractivity contribution in [2.24, 2.45) is 0 Å². The van der Waals surface area contributed by atoms with Crippen LogP contribution in [0.5, 0.6) is 0 Å². The summed E-state index contributed by atoms with van der Waals surface area (Å²) in [6.07, 6.45) is 6.71. The average molecular weight is 290 g/mol. The third-order valence-corrected chi connectivity index (χ3v) is 4.64. The van der Waals surface area contributed by atoms with Crippen LogP contribution in [0.2, 0.25) is 0 Å². The molecule has 2 aliphatic rings. The fourth-order valence-electron chi connectivity index (χ4n) is 3.66. The summed E-state index contributed by atoms with van der Waals surface area (Å²) in [5.41, 5.74) is 4.73. The van der Waals surface area contributed by atoms with Gasteiger partial charge in [-0.25, -0.2) is 0 Å². The fourth-order valence-corrected chi connectivity index (χ4v) is 3.66. The minimum Gasteiger partial charge on any atom is -0.324 e. The quantitative estimate of drug-likeness (QED) is 0.864. The highest BCUT2D eigenvalue weighted by molar-refractivity contribution is 5.98. The van der Waals surface area contributed by atoms with Crippen LogP contribution < -0.4 is 0 Å². The summed E-state index contributed by atoms with van der Waals surface area (Å²) >= 11 is 0. The largest absolute Gasteiger partial charge is 0.324 e. The number of carbonyl (C=O) groups excluding carboxylic acids is 1. The molecule has 22 heavy (non-hydrogen) atoms. The first-order chi connectivity index (χ1) is 10.8. The van der Waals surface area contributed by atoms with Gasteiger partial charge in [-0.15, -0.1) is 0 Å². The number of carbonyl (C=O) groups is 1. The van der Waals surface area contributed by atoms with Gasteiger partial charge < -0.3 is 4.90 Å². The molecule has 0 N–H and O–H groups in total. The van der Waals surface area contributed by atoms with Gasteiger partial charge in [-0.2, -0.15) is 0 Å². The average Bonchev–Trinajstić information content (AvgIpc) is 3.13. The smallest absolute Gasteiger partial charge is 0.250 e. The van der Waals surface area contributed by atoms with Gasteiger partial charge in [0.1, 0.15) is 0 Å². The maximum absolute atomic E-state index is 12.8. The third kappa shape index (κ3) is 2.13. The van der Waals surface area contributed by atoms with Crippen LogP contribution in [0, 0.1) is 0 Å². The van der Waals surface area contributed by atoms with Crippen molar-refractivity contribution in [3.63, 3.8) is 0 Å². The molecule has 4 rings (SSSR count). The molecular weight excluding hydrogens is 272 g/mol. The molecule has 1 amide bonds. The Morgan fingerprint density at radius 2 is 1.82 bits per heavy atom. The Kier molecular flexibility index (Phi) is 3.26. The summed E-state index contributed by atoms with van der Waals surface area (Å²) in [7, 11) is 0. The number of pyridine rings is 1. The van der Waals surface area contributed by atoms with Crippen molar-refractivity contribution in [2.45, 2.75) is 31.8 Å². The van der Waals surface area contributed by atoms with Crippen LogP contribution in [0.1, 0.15) is 36.4 Å². The van der Waals surface area contributed by atoms with Gasteiger partial charge in [0.15, 0.2) is 0 Å². The van der Waals surface area contributed by atoms with E-state index in [1.54, 1.807) is 0 Å². The second-order valence-corrected chi connectivity index (χ2v) is 5.96. The van der Waals surface area contributed by atoms with E-state index in [0.29, 0.717) is 6.54 Å². The maximum atomic E-state index is 12.8. The number of nitrogens with zero attached hydrogens (tertiary/aromatic N) is 2. The first kappa shape index (κ1) is 13.3. The number of hydrogen-bond acceptors (Lipinski definition) is 2. The highest BCUT2D eigenvalue weighted by Gasteiger charge is 2.41. The van der Waals surface area contributed by atoms with E-state index in [2.05, 4.69) is 17.1 Å². The lowest BCUT2D eigenvalue weighted by molar-refractivity contribution is -0.128. The van der Waals surface area contributed by atoms with Crippen molar-refractivity contribution in [2.75, 3.05) is 0 Å². The van der Waals surface area contributed by atoms with Crippen molar-refractivity contribution >= 4 is 5.91 Å². The third-order valence-electron chi connectivity index (χ3n) is 4.64. The van der Waals surface area contributed by atoms with Gasteiger partial charge in [0, 0.05) is 24.5 Å². The molecule has 3 nitrogen and oxygen atoms in total. The highest BCUT2D eigenvalue weighted by Crippen LogP contribution is 2.46. The zero-order chi connectivity index (χ0) is 14.9. The Hall–Kier alpha value is -2.42. The summed E-state index contributed by atoms with van der Waals surface area (Å²) in [5, 5.41) is 0. The first-order valence-corrected chi connectivity index (χ1v) is 7.81. The fraction of sp³-hybridized carbons (Fsp3) is 0.263. The molecule has 0 bridgehead atoms. The van der Waals surface area contributed by atoms with Crippen LogP contribution in [-0.4, -0.2) is 15.8 Å². The van der Waals surface area contributed by atoms with Crippen LogP contribution in [0.4, 0.5) is 0 Å². The topological polar surface area (TPSA) is 33.2 Å². The Labute approximate surface area is 130 Å². The number of benzene rings is 1. The summed E-state index contributed by atoms with van der Waals surface area (Å²) in [4.78, 5) is 19.0. The Morgan fingerprint density at radius 3 is 2.59 bits per heavy atom. The van der Waals surface area contributed by atoms with Crippen molar-refractivity contribution in [3.05, 3.63) is 77.1 Å². The molecule has 2 aromatic rings. The minimum absolute atomic E-state index is 0.0909. The molecule has 1 aliphatic heterocycles. The lowest BCUT2D eigenvalue weighted by Crippen LogP contribution is -2.30. The number of amides is 1. The summed E-state index contributed by atoms with van der Waals surface area (Å²) < 4.78 is 0. The molecule has 0 fully saturated rings.